The first-order valence-corrected chi connectivity index (χ1v) is 5.73. The smallest absolute Gasteiger partial charge is 0.306 e. The third-order valence-corrected chi connectivity index (χ3v) is 2.89. The number of carbonyl (C=O) groups excluding carboxylic acids is 2. The molecule has 0 aliphatic carbocycles. The molecule has 1 aromatic carbocycles. The van der Waals surface area contributed by atoms with Crippen molar-refractivity contribution in [3.63, 3.8) is 0 Å². The second-order valence-electron chi connectivity index (χ2n) is 4.01. The van der Waals surface area contributed by atoms with Gasteiger partial charge in [0.05, 0.1) is 25.0 Å². The monoisotopic (exact) mass is 233 g/mol. The van der Waals surface area contributed by atoms with Crippen molar-refractivity contribution in [1.82, 2.24) is 5.32 Å². The molecule has 17 heavy (non-hydrogen) atoms. The van der Waals surface area contributed by atoms with Gasteiger partial charge < -0.3 is 10.1 Å². The van der Waals surface area contributed by atoms with Gasteiger partial charge >= 0.3 is 5.97 Å². The summed E-state index contributed by atoms with van der Waals surface area (Å²) < 4.78 is 4.86. The number of benzene rings is 1. The van der Waals surface area contributed by atoms with E-state index in [4.69, 9.17) is 4.74 Å². The van der Waals surface area contributed by atoms with Gasteiger partial charge in [0.2, 0.25) is 5.91 Å². The molecular formula is C13H15NO3. The molecule has 0 bridgehead atoms. The van der Waals surface area contributed by atoms with E-state index in [1.165, 1.54) is 0 Å². The van der Waals surface area contributed by atoms with Crippen molar-refractivity contribution >= 4 is 11.9 Å². The van der Waals surface area contributed by atoms with E-state index in [2.05, 4.69) is 5.32 Å². The van der Waals surface area contributed by atoms with Crippen LogP contribution in [0.3, 0.4) is 0 Å². The Kier molecular flexibility index (Phi) is 3.42. The maximum absolute atomic E-state index is 11.4. The van der Waals surface area contributed by atoms with E-state index in [9.17, 15) is 9.59 Å². The Morgan fingerprint density at radius 3 is 2.65 bits per heavy atom. The van der Waals surface area contributed by atoms with Gasteiger partial charge in [-0.05, 0) is 12.5 Å². The zero-order chi connectivity index (χ0) is 12.3. The van der Waals surface area contributed by atoms with Gasteiger partial charge in [0.25, 0.3) is 0 Å². The van der Waals surface area contributed by atoms with Crippen LogP contribution in [0, 0.1) is 5.92 Å². The lowest BCUT2D eigenvalue weighted by Crippen LogP contribution is -2.52. The Hall–Kier alpha value is -1.84. The molecule has 1 amide bonds. The summed E-state index contributed by atoms with van der Waals surface area (Å²) in [6, 6.07) is 9.59. The topological polar surface area (TPSA) is 55.4 Å². The molecule has 1 N–H and O–H groups in total. The fourth-order valence-corrected chi connectivity index (χ4v) is 2.00. The first-order chi connectivity index (χ1) is 8.22. The van der Waals surface area contributed by atoms with Crippen molar-refractivity contribution in [2.75, 3.05) is 6.61 Å². The molecule has 2 rings (SSSR count). The lowest BCUT2D eigenvalue weighted by molar-refractivity contribution is -0.150. The number of hydrogen-bond donors (Lipinski definition) is 1. The molecule has 1 aliphatic rings. The number of β-lactam (4-membered cyclic amide) rings is 1. The zero-order valence-corrected chi connectivity index (χ0v) is 9.68. The minimum Gasteiger partial charge on any atom is -0.466 e. The Bertz CT molecular complexity index is 416. The minimum absolute atomic E-state index is 0.0619. The normalized spacial score (nSPS) is 22.5. The van der Waals surface area contributed by atoms with Crippen LogP contribution in [0.4, 0.5) is 0 Å². The molecule has 1 saturated heterocycles. The second-order valence-corrected chi connectivity index (χ2v) is 4.01. The highest BCUT2D eigenvalue weighted by atomic mass is 16.5. The predicted molar refractivity (Wildman–Crippen MR) is 62.1 cm³/mol. The lowest BCUT2D eigenvalue weighted by atomic mass is 9.83. The van der Waals surface area contributed by atoms with E-state index < -0.39 is 0 Å². The summed E-state index contributed by atoms with van der Waals surface area (Å²) in [6.07, 6.45) is 0.152. The van der Waals surface area contributed by atoms with Gasteiger partial charge in [-0.3, -0.25) is 9.59 Å². The minimum atomic E-state index is -0.312. The summed E-state index contributed by atoms with van der Waals surface area (Å²) in [5.74, 6) is -0.684. The lowest BCUT2D eigenvalue weighted by Gasteiger charge is -2.36. The molecule has 1 heterocycles. The number of nitrogens with one attached hydrogen (secondary N) is 1. The van der Waals surface area contributed by atoms with Crippen LogP contribution in [-0.2, 0) is 14.3 Å². The number of carbonyl (C=O) groups is 2. The molecule has 0 spiro atoms. The van der Waals surface area contributed by atoms with Crippen LogP contribution in [0.5, 0.6) is 0 Å². The van der Waals surface area contributed by atoms with E-state index in [-0.39, 0.29) is 30.3 Å². The van der Waals surface area contributed by atoms with Crippen molar-refractivity contribution < 1.29 is 14.3 Å². The third-order valence-electron chi connectivity index (χ3n) is 2.89. The Morgan fingerprint density at radius 1 is 1.35 bits per heavy atom. The van der Waals surface area contributed by atoms with Crippen LogP contribution in [0.25, 0.3) is 0 Å². The zero-order valence-electron chi connectivity index (χ0n) is 9.68. The van der Waals surface area contributed by atoms with Crippen molar-refractivity contribution in [3.05, 3.63) is 35.9 Å². The van der Waals surface area contributed by atoms with Crippen molar-refractivity contribution in [2.45, 2.75) is 19.4 Å². The van der Waals surface area contributed by atoms with Gasteiger partial charge in [-0.15, -0.1) is 0 Å². The maximum Gasteiger partial charge on any atom is 0.306 e. The van der Waals surface area contributed by atoms with E-state index in [0.717, 1.165) is 5.56 Å². The Labute approximate surface area is 100.0 Å². The highest BCUT2D eigenvalue weighted by Gasteiger charge is 2.41. The van der Waals surface area contributed by atoms with E-state index in [1.807, 2.05) is 30.3 Å². The largest absolute Gasteiger partial charge is 0.466 e. The van der Waals surface area contributed by atoms with Gasteiger partial charge in [0, 0.05) is 0 Å². The van der Waals surface area contributed by atoms with Crippen molar-refractivity contribution in [2.24, 2.45) is 5.92 Å². The average Bonchev–Trinajstić information content (AvgIpc) is 2.34. The van der Waals surface area contributed by atoms with Crippen LogP contribution >= 0.6 is 0 Å². The average molecular weight is 233 g/mol. The van der Waals surface area contributed by atoms with Crippen LogP contribution in [0.2, 0.25) is 0 Å². The van der Waals surface area contributed by atoms with E-state index in [0.29, 0.717) is 6.61 Å². The fourth-order valence-electron chi connectivity index (χ4n) is 2.00. The molecule has 2 atom stereocenters. The second kappa shape index (κ2) is 4.99. The van der Waals surface area contributed by atoms with Crippen LogP contribution < -0.4 is 5.32 Å². The molecule has 90 valence electrons. The van der Waals surface area contributed by atoms with Gasteiger partial charge in [-0.25, -0.2) is 0 Å². The molecule has 1 aliphatic heterocycles. The predicted octanol–water partition coefficient (Wildman–Crippen LogP) is 1.43. The highest BCUT2D eigenvalue weighted by Crippen LogP contribution is 2.32. The van der Waals surface area contributed by atoms with Gasteiger partial charge in [-0.2, -0.15) is 0 Å². The van der Waals surface area contributed by atoms with Gasteiger partial charge in [0.1, 0.15) is 0 Å². The van der Waals surface area contributed by atoms with Gasteiger partial charge in [0.15, 0.2) is 0 Å². The van der Waals surface area contributed by atoms with Crippen molar-refractivity contribution in [3.8, 4) is 0 Å². The SMILES string of the molecule is CCOC(=O)C[C@@H]1C(=O)N[C@H]1c1ccccc1. The standard InChI is InChI=1S/C13H15NO3/c1-2-17-11(15)8-10-12(14-13(10)16)9-6-4-3-5-7-9/h3-7,10,12H,2,8H2,1H3,(H,14,16)/t10-,12-/m0/s1. The molecule has 4 heteroatoms. The number of esters is 1. The molecule has 0 aromatic heterocycles. The Balaban J connectivity index is 2.01. The fraction of sp³-hybridized carbons (Fsp3) is 0.385. The summed E-state index contributed by atoms with van der Waals surface area (Å²) in [5.41, 5.74) is 1.03. The summed E-state index contributed by atoms with van der Waals surface area (Å²) >= 11 is 0. The summed E-state index contributed by atoms with van der Waals surface area (Å²) in [6.45, 7) is 2.11. The molecular weight excluding hydrogens is 218 g/mol. The molecule has 4 nitrogen and oxygen atoms in total. The molecule has 0 radical (unpaired) electrons. The quantitative estimate of drug-likeness (QED) is 0.632. The van der Waals surface area contributed by atoms with Crippen LogP contribution in [-0.4, -0.2) is 18.5 Å². The third kappa shape index (κ3) is 2.46. The molecule has 1 fully saturated rings. The number of amides is 1. The van der Waals surface area contributed by atoms with Crippen LogP contribution in [0.15, 0.2) is 30.3 Å². The number of rotatable bonds is 4. The first kappa shape index (κ1) is 11.6. The van der Waals surface area contributed by atoms with Crippen LogP contribution in [0.1, 0.15) is 24.9 Å². The van der Waals surface area contributed by atoms with E-state index >= 15 is 0 Å². The molecule has 0 saturated carbocycles. The summed E-state index contributed by atoms with van der Waals surface area (Å²) in [5, 5.41) is 2.81. The summed E-state index contributed by atoms with van der Waals surface area (Å²) in [4.78, 5) is 22.8. The number of ether oxygens (including phenoxy) is 1. The first-order valence-electron chi connectivity index (χ1n) is 5.73. The molecule has 1 aromatic rings. The van der Waals surface area contributed by atoms with E-state index in [1.54, 1.807) is 6.92 Å². The van der Waals surface area contributed by atoms with Crippen molar-refractivity contribution in [1.29, 1.82) is 0 Å². The summed E-state index contributed by atoms with van der Waals surface area (Å²) in [7, 11) is 0. The molecule has 0 unspecified atom stereocenters. The maximum atomic E-state index is 11.4. The number of hydrogen-bond acceptors (Lipinski definition) is 3. The Morgan fingerprint density at radius 2 is 2.06 bits per heavy atom. The van der Waals surface area contributed by atoms with Gasteiger partial charge in [-0.1, -0.05) is 30.3 Å². The highest BCUT2D eigenvalue weighted by molar-refractivity contribution is 5.90.